The summed E-state index contributed by atoms with van der Waals surface area (Å²) in [7, 11) is 3.88. The standard InChI is InChI=1S/C43H68N2O10/c1-11-34-43(8)38(47)28(4)36(55-43)26(2)23-42(7)39(54-41-35(46)33(45(9)10)22-27(3)52-41)29(5)37(30(6)40(48)53-34)49-24-32(25-50-42)44-51-21-17-13-16-20-31-18-14-12-15-19-31/h12,14-15,18-19,26-30,33-37,39,41,46H,11,13,16-17,20-25H2,1-10H3/b44-32+/t26-,27-,28?,29-,30-,33+,34-,35-,36?,37+,39-,41+,42-,43?/m1/s1. The molecule has 5 rings (SSSR count). The monoisotopic (exact) mass is 772 g/mol. The van der Waals surface area contributed by atoms with Crippen LogP contribution < -0.4 is 0 Å². The Morgan fingerprint density at radius 1 is 0.964 bits per heavy atom. The van der Waals surface area contributed by atoms with Gasteiger partial charge in [-0.1, -0.05) is 63.2 Å². The molecule has 4 bridgehead atoms. The van der Waals surface area contributed by atoms with E-state index in [4.69, 9.17) is 33.3 Å². The highest BCUT2D eigenvalue weighted by atomic mass is 16.7. The van der Waals surface area contributed by atoms with Crippen LogP contribution in [0.15, 0.2) is 35.5 Å². The van der Waals surface area contributed by atoms with Gasteiger partial charge < -0.3 is 43.3 Å². The number of Topliss-reactive ketones (excluding diaryl/α,β-unsaturated/α-hetero) is 1. The smallest absolute Gasteiger partial charge is 0.311 e. The Morgan fingerprint density at radius 3 is 2.38 bits per heavy atom. The normalized spacial score (nSPS) is 41.1. The van der Waals surface area contributed by atoms with E-state index in [1.165, 1.54) is 5.56 Å². The van der Waals surface area contributed by atoms with Crippen molar-refractivity contribution >= 4 is 17.5 Å². The molecule has 1 aromatic rings. The molecular formula is C43H68N2O10. The zero-order valence-electron chi connectivity index (χ0n) is 34.9. The summed E-state index contributed by atoms with van der Waals surface area (Å²) in [6.07, 6.45) is 0.607. The van der Waals surface area contributed by atoms with Gasteiger partial charge in [-0.25, -0.2) is 0 Å². The molecule has 12 nitrogen and oxygen atoms in total. The Morgan fingerprint density at radius 2 is 1.69 bits per heavy atom. The maximum absolute atomic E-state index is 14.2. The Hall–Kier alpha value is -2.45. The lowest BCUT2D eigenvalue weighted by Gasteiger charge is -2.48. The molecule has 4 saturated heterocycles. The van der Waals surface area contributed by atoms with Gasteiger partial charge in [0.2, 0.25) is 0 Å². The minimum Gasteiger partial charge on any atom is -0.459 e. The van der Waals surface area contributed by atoms with Crippen LogP contribution in [0.5, 0.6) is 0 Å². The Balaban J connectivity index is 1.46. The molecule has 1 aromatic carbocycles. The van der Waals surface area contributed by atoms with Crippen LogP contribution in [0, 0.1) is 23.7 Å². The van der Waals surface area contributed by atoms with E-state index < -0.39 is 71.7 Å². The first-order chi connectivity index (χ1) is 26.1. The van der Waals surface area contributed by atoms with E-state index in [1.54, 1.807) is 13.8 Å². The van der Waals surface area contributed by atoms with Crippen molar-refractivity contribution in [1.82, 2.24) is 4.90 Å². The molecule has 4 fully saturated rings. The van der Waals surface area contributed by atoms with Crippen molar-refractivity contribution in [2.45, 2.75) is 160 Å². The number of carbonyl (C=O) groups excluding carboxylic acids is 2. The number of esters is 1. The second-order valence-electron chi connectivity index (χ2n) is 17.3. The quantitative estimate of drug-likeness (QED) is 0.167. The van der Waals surface area contributed by atoms with Crippen molar-refractivity contribution in [1.29, 1.82) is 0 Å². The lowest BCUT2D eigenvalue weighted by molar-refractivity contribution is -0.302. The second-order valence-corrected chi connectivity index (χ2v) is 17.3. The molecule has 1 N–H and O–H groups in total. The predicted octanol–water partition coefficient (Wildman–Crippen LogP) is 5.75. The van der Waals surface area contributed by atoms with Gasteiger partial charge in [0, 0.05) is 17.9 Å². The third-order valence-electron chi connectivity index (χ3n) is 12.6. The van der Waals surface area contributed by atoms with E-state index in [-0.39, 0.29) is 37.1 Å². The molecule has 0 amide bonds. The second kappa shape index (κ2) is 18.9. The molecule has 4 heterocycles. The number of cyclic esters (lactones) is 1. The molecule has 0 radical (unpaired) electrons. The van der Waals surface area contributed by atoms with Gasteiger partial charge in [-0.15, -0.1) is 0 Å². The van der Waals surface area contributed by atoms with E-state index in [1.807, 2.05) is 59.7 Å². The van der Waals surface area contributed by atoms with Crippen molar-refractivity contribution in [3.63, 3.8) is 0 Å². The summed E-state index contributed by atoms with van der Waals surface area (Å²) in [6.45, 7) is 16.0. The van der Waals surface area contributed by atoms with Gasteiger partial charge in [0.05, 0.1) is 49.1 Å². The summed E-state index contributed by atoms with van der Waals surface area (Å²) in [5.74, 6) is -2.43. The molecule has 3 unspecified atom stereocenters. The number of hydrogen-bond acceptors (Lipinski definition) is 12. The van der Waals surface area contributed by atoms with Crippen molar-refractivity contribution in [2.24, 2.45) is 28.8 Å². The highest BCUT2D eigenvalue weighted by Crippen LogP contribution is 2.45. The van der Waals surface area contributed by atoms with E-state index in [0.29, 0.717) is 31.6 Å². The summed E-state index contributed by atoms with van der Waals surface area (Å²) in [5.41, 5.74) is -0.470. The summed E-state index contributed by atoms with van der Waals surface area (Å²) < 4.78 is 39.7. The first-order valence-electron chi connectivity index (χ1n) is 20.6. The van der Waals surface area contributed by atoms with Crippen molar-refractivity contribution in [3.05, 3.63) is 35.9 Å². The predicted molar refractivity (Wildman–Crippen MR) is 209 cm³/mol. The number of likely N-dealkylation sites (N-methyl/N-ethyl adjacent to an activating group) is 1. The van der Waals surface area contributed by atoms with Crippen LogP contribution in [0.4, 0.5) is 0 Å². The molecular weight excluding hydrogens is 704 g/mol. The molecule has 12 heteroatoms. The van der Waals surface area contributed by atoms with Crippen LogP contribution >= 0.6 is 0 Å². The van der Waals surface area contributed by atoms with E-state index in [2.05, 4.69) is 36.3 Å². The maximum atomic E-state index is 14.2. The molecule has 55 heavy (non-hydrogen) atoms. The number of ketones is 1. The molecule has 310 valence electrons. The molecule has 4 aliphatic heterocycles. The Labute approximate surface area is 328 Å². The van der Waals surface area contributed by atoms with Crippen LogP contribution in [0.25, 0.3) is 0 Å². The van der Waals surface area contributed by atoms with Crippen molar-refractivity contribution in [3.8, 4) is 0 Å². The lowest BCUT2D eigenvalue weighted by atomic mass is 9.75. The number of rotatable bonds is 11. The average Bonchev–Trinajstić information content (AvgIpc) is 3.41. The lowest BCUT2D eigenvalue weighted by Crippen LogP contribution is -2.59. The van der Waals surface area contributed by atoms with Crippen LogP contribution in [0.3, 0.4) is 0 Å². The number of aliphatic hydroxyl groups is 1. The van der Waals surface area contributed by atoms with Crippen molar-refractivity contribution in [2.75, 3.05) is 33.9 Å². The molecule has 0 aliphatic carbocycles. The van der Waals surface area contributed by atoms with Crippen LogP contribution in [0.1, 0.15) is 99.5 Å². The number of carbonyl (C=O) groups is 2. The molecule has 0 saturated carbocycles. The van der Waals surface area contributed by atoms with Gasteiger partial charge in [0.1, 0.15) is 24.5 Å². The van der Waals surface area contributed by atoms with E-state index >= 15 is 0 Å². The molecule has 0 spiro atoms. The summed E-state index contributed by atoms with van der Waals surface area (Å²) >= 11 is 0. The van der Waals surface area contributed by atoms with Crippen molar-refractivity contribution < 1.29 is 48.0 Å². The van der Waals surface area contributed by atoms with Crippen LogP contribution in [0.2, 0.25) is 0 Å². The van der Waals surface area contributed by atoms with Gasteiger partial charge in [-0.3, -0.25) is 9.59 Å². The Bertz CT molecular complexity index is 1440. The molecule has 14 atom stereocenters. The number of unbranched alkanes of at least 4 members (excludes halogenated alkanes) is 2. The minimum absolute atomic E-state index is 0.0669. The summed E-state index contributed by atoms with van der Waals surface area (Å²) in [6, 6.07) is 10.3. The number of aryl methyl sites for hydroxylation is 1. The number of fused-ring (bicyclic) bond motifs is 5. The Kier molecular flexibility index (Phi) is 15.0. The van der Waals surface area contributed by atoms with Crippen LogP contribution in [-0.2, 0) is 49.3 Å². The topological polar surface area (TPSA) is 135 Å². The zero-order valence-corrected chi connectivity index (χ0v) is 34.9. The van der Waals surface area contributed by atoms with Gasteiger partial charge in [0.15, 0.2) is 17.7 Å². The summed E-state index contributed by atoms with van der Waals surface area (Å²) in [4.78, 5) is 36.0. The van der Waals surface area contributed by atoms with Gasteiger partial charge in [0.25, 0.3) is 0 Å². The van der Waals surface area contributed by atoms with Gasteiger partial charge in [-0.05, 0) is 98.2 Å². The first-order valence-corrected chi connectivity index (χ1v) is 20.6. The van der Waals surface area contributed by atoms with Crippen LogP contribution in [-0.4, -0.2) is 122 Å². The number of benzene rings is 1. The maximum Gasteiger partial charge on any atom is 0.311 e. The van der Waals surface area contributed by atoms with Gasteiger partial charge >= 0.3 is 5.97 Å². The SMILES string of the molecule is CC[C@H]1OC(=O)[C@H](C)[C@H]2OC/C(=N\OCCCCCc3ccccc3)CO[C@](C)(C[C@@H](C)C3OC1(C)C(=O)C3C)[C@H](O[C@@H]1O[C@H](C)C[C@H](N(C)C)[C@H]1O)[C@@H]2C. The average molecular weight is 773 g/mol. The largest absolute Gasteiger partial charge is 0.459 e. The molecule has 0 aromatic heterocycles. The highest BCUT2D eigenvalue weighted by molar-refractivity contribution is 5.92. The highest BCUT2D eigenvalue weighted by Gasteiger charge is 2.58. The third kappa shape index (κ3) is 9.99. The fraction of sp³-hybridized carbons (Fsp3) is 0.791. The third-order valence-corrected chi connectivity index (χ3v) is 12.6. The first kappa shape index (κ1) is 43.7. The summed E-state index contributed by atoms with van der Waals surface area (Å²) in [5, 5.41) is 16.2. The minimum atomic E-state index is -1.29. The number of nitrogens with zero attached hydrogens (tertiary/aromatic N) is 2. The number of ether oxygens (including phenoxy) is 6. The van der Waals surface area contributed by atoms with E-state index in [0.717, 1.165) is 25.7 Å². The fourth-order valence-electron chi connectivity index (χ4n) is 9.40. The number of oxime groups is 1. The fourth-order valence-corrected chi connectivity index (χ4v) is 9.40. The molecule has 4 aliphatic rings. The number of aliphatic hydroxyl groups excluding tert-OH is 1. The van der Waals surface area contributed by atoms with Gasteiger partial charge in [-0.2, -0.15) is 0 Å². The zero-order chi connectivity index (χ0) is 40.1. The number of hydrogen-bond donors (Lipinski definition) is 1. The van der Waals surface area contributed by atoms with E-state index in [9.17, 15) is 14.7 Å².